The molecular formula is C9H17N. The van der Waals surface area contributed by atoms with Gasteiger partial charge >= 0.3 is 0 Å². The lowest BCUT2D eigenvalue weighted by molar-refractivity contribution is 0.303. The van der Waals surface area contributed by atoms with Gasteiger partial charge in [-0.3, -0.25) is 0 Å². The van der Waals surface area contributed by atoms with E-state index in [0.717, 1.165) is 18.9 Å². The summed E-state index contributed by atoms with van der Waals surface area (Å²) in [5, 5.41) is 3.42. The summed E-state index contributed by atoms with van der Waals surface area (Å²) in [7, 11) is 0. The Bertz CT molecular complexity index is 94.9. The maximum Gasteiger partial charge on any atom is -0.00143 e. The molecule has 10 heavy (non-hydrogen) atoms. The van der Waals surface area contributed by atoms with E-state index in [4.69, 9.17) is 0 Å². The summed E-state index contributed by atoms with van der Waals surface area (Å²) < 4.78 is 0. The smallest absolute Gasteiger partial charge is 0.00143 e. The predicted octanol–water partition coefficient (Wildman–Crippen LogP) is 1.95. The van der Waals surface area contributed by atoms with Gasteiger partial charge in [-0.25, -0.2) is 0 Å². The Morgan fingerprint density at radius 2 is 2.30 bits per heavy atom. The molecule has 0 amide bonds. The normalized spacial score (nSPS) is 18.4. The van der Waals surface area contributed by atoms with E-state index >= 15 is 0 Å². The van der Waals surface area contributed by atoms with Crippen LogP contribution in [0.4, 0.5) is 0 Å². The lowest BCUT2D eigenvalue weighted by Gasteiger charge is -2.25. The molecule has 1 saturated carbocycles. The van der Waals surface area contributed by atoms with Crippen molar-refractivity contribution in [3.8, 4) is 0 Å². The standard InChI is InChI=1S/C9H17N/c1-2-3-7-10-8-9-5-4-6-9/h2,9-10H,1,3-8H2. The van der Waals surface area contributed by atoms with Crippen LogP contribution in [0.5, 0.6) is 0 Å². The van der Waals surface area contributed by atoms with Crippen LogP contribution in [0.1, 0.15) is 25.7 Å². The molecule has 0 heterocycles. The molecule has 0 radical (unpaired) electrons. The first-order chi connectivity index (χ1) is 4.93. The predicted molar refractivity (Wildman–Crippen MR) is 45.0 cm³/mol. The largest absolute Gasteiger partial charge is 0.316 e. The van der Waals surface area contributed by atoms with E-state index in [2.05, 4.69) is 11.9 Å². The van der Waals surface area contributed by atoms with Crippen LogP contribution < -0.4 is 5.32 Å². The van der Waals surface area contributed by atoms with Gasteiger partial charge in [0.25, 0.3) is 0 Å². The van der Waals surface area contributed by atoms with Crippen LogP contribution in [-0.4, -0.2) is 13.1 Å². The molecule has 0 aliphatic heterocycles. The van der Waals surface area contributed by atoms with Crippen molar-refractivity contribution in [1.82, 2.24) is 5.32 Å². The van der Waals surface area contributed by atoms with Crippen molar-refractivity contribution >= 4 is 0 Å². The van der Waals surface area contributed by atoms with Crippen LogP contribution >= 0.6 is 0 Å². The van der Waals surface area contributed by atoms with Gasteiger partial charge in [0.2, 0.25) is 0 Å². The lowest BCUT2D eigenvalue weighted by Crippen LogP contribution is -2.27. The topological polar surface area (TPSA) is 12.0 Å². The molecule has 0 saturated heterocycles. The zero-order valence-corrected chi connectivity index (χ0v) is 6.60. The van der Waals surface area contributed by atoms with Crippen molar-refractivity contribution in [2.45, 2.75) is 25.7 Å². The van der Waals surface area contributed by atoms with Crippen LogP contribution in [0, 0.1) is 5.92 Å². The highest BCUT2D eigenvalue weighted by Crippen LogP contribution is 2.24. The van der Waals surface area contributed by atoms with Gasteiger partial charge in [0.05, 0.1) is 0 Å². The molecule has 0 bridgehead atoms. The zero-order valence-electron chi connectivity index (χ0n) is 6.60. The minimum absolute atomic E-state index is 0.991. The minimum Gasteiger partial charge on any atom is -0.316 e. The summed E-state index contributed by atoms with van der Waals surface area (Å²) in [6.45, 7) is 6.01. The fourth-order valence-electron chi connectivity index (χ4n) is 1.21. The second kappa shape index (κ2) is 4.51. The SMILES string of the molecule is C=CCCNCC1CCC1. The van der Waals surface area contributed by atoms with E-state index in [1.807, 2.05) is 6.08 Å². The first-order valence-corrected chi connectivity index (χ1v) is 4.25. The monoisotopic (exact) mass is 139 g/mol. The molecule has 1 aliphatic carbocycles. The van der Waals surface area contributed by atoms with Crippen molar-refractivity contribution < 1.29 is 0 Å². The number of hydrogen-bond donors (Lipinski definition) is 1. The molecule has 1 heteroatoms. The molecule has 1 fully saturated rings. The maximum atomic E-state index is 3.67. The number of nitrogens with one attached hydrogen (secondary N) is 1. The highest BCUT2D eigenvalue weighted by Gasteiger charge is 2.15. The first-order valence-electron chi connectivity index (χ1n) is 4.25. The molecular weight excluding hydrogens is 122 g/mol. The average Bonchev–Trinajstić information content (AvgIpc) is 1.84. The molecule has 1 N–H and O–H groups in total. The average molecular weight is 139 g/mol. The van der Waals surface area contributed by atoms with Crippen LogP contribution in [0.2, 0.25) is 0 Å². The summed E-state index contributed by atoms with van der Waals surface area (Å²) >= 11 is 0. The Morgan fingerprint density at radius 3 is 2.80 bits per heavy atom. The summed E-state index contributed by atoms with van der Waals surface area (Å²) in [5.74, 6) is 0.991. The third kappa shape index (κ3) is 2.53. The Hall–Kier alpha value is -0.300. The van der Waals surface area contributed by atoms with Crippen molar-refractivity contribution in [3.63, 3.8) is 0 Å². The van der Waals surface area contributed by atoms with E-state index in [-0.39, 0.29) is 0 Å². The number of hydrogen-bond acceptors (Lipinski definition) is 1. The van der Waals surface area contributed by atoms with Crippen molar-refractivity contribution in [2.75, 3.05) is 13.1 Å². The van der Waals surface area contributed by atoms with Crippen molar-refractivity contribution in [3.05, 3.63) is 12.7 Å². The molecule has 1 rings (SSSR count). The summed E-state index contributed by atoms with van der Waals surface area (Å²) in [6.07, 6.45) is 7.41. The molecule has 0 spiro atoms. The Morgan fingerprint density at radius 1 is 1.50 bits per heavy atom. The number of rotatable bonds is 5. The Kier molecular flexibility index (Phi) is 3.52. The first kappa shape index (κ1) is 7.80. The maximum absolute atomic E-state index is 3.67. The minimum atomic E-state index is 0.991. The van der Waals surface area contributed by atoms with Crippen LogP contribution in [0.3, 0.4) is 0 Å². The molecule has 1 aliphatic rings. The molecule has 0 aromatic rings. The molecule has 0 aromatic heterocycles. The van der Waals surface area contributed by atoms with Crippen LogP contribution in [0.15, 0.2) is 12.7 Å². The van der Waals surface area contributed by atoms with Gasteiger partial charge in [0.15, 0.2) is 0 Å². The molecule has 0 aromatic carbocycles. The lowest BCUT2D eigenvalue weighted by atomic mass is 9.85. The molecule has 1 nitrogen and oxygen atoms in total. The van der Waals surface area contributed by atoms with E-state index in [9.17, 15) is 0 Å². The second-order valence-electron chi connectivity index (χ2n) is 3.08. The van der Waals surface area contributed by atoms with Gasteiger partial charge in [0, 0.05) is 0 Å². The van der Waals surface area contributed by atoms with Gasteiger partial charge in [-0.2, -0.15) is 0 Å². The van der Waals surface area contributed by atoms with Crippen LogP contribution in [-0.2, 0) is 0 Å². The highest BCUT2D eigenvalue weighted by atomic mass is 14.9. The third-order valence-electron chi connectivity index (χ3n) is 2.18. The zero-order chi connectivity index (χ0) is 7.23. The fourth-order valence-corrected chi connectivity index (χ4v) is 1.21. The van der Waals surface area contributed by atoms with E-state index in [1.54, 1.807) is 0 Å². The Balaban J connectivity index is 1.80. The quantitative estimate of drug-likeness (QED) is 0.453. The van der Waals surface area contributed by atoms with Gasteiger partial charge in [-0.05, 0) is 38.3 Å². The van der Waals surface area contributed by atoms with E-state index in [1.165, 1.54) is 25.8 Å². The summed E-state index contributed by atoms with van der Waals surface area (Å²) in [4.78, 5) is 0. The highest BCUT2D eigenvalue weighted by molar-refractivity contribution is 4.73. The van der Waals surface area contributed by atoms with E-state index < -0.39 is 0 Å². The van der Waals surface area contributed by atoms with Gasteiger partial charge < -0.3 is 5.32 Å². The van der Waals surface area contributed by atoms with Crippen molar-refractivity contribution in [2.24, 2.45) is 5.92 Å². The third-order valence-corrected chi connectivity index (χ3v) is 2.18. The fraction of sp³-hybridized carbons (Fsp3) is 0.778. The second-order valence-corrected chi connectivity index (χ2v) is 3.08. The molecule has 58 valence electrons. The Labute approximate surface area is 63.5 Å². The van der Waals surface area contributed by atoms with Gasteiger partial charge in [0.1, 0.15) is 0 Å². The summed E-state index contributed by atoms with van der Waals surface area (Å²) in [5.41, 5.74) is 0. The molecule has 0 unspecified atom stereocenters. The van der Waals surface area contributed by atoms with Gasteiger partial charge in [-0.1, -0.05) is 12.5 Å². The van der Waals surface area contributed by atoms with Crippen LogP contribution in [0.25, 0.3) is 0 Å². The van der Waals surface area contributed by atoms with Gasteiger partial charge in [-0.15, -0.1) is 6.58 Å². The summed E-state index contributed by atoms with van der Waals surface area (Å²) in [6, 6.07) is 0. The van der Waals surface area contributed by atoms with Crippen molar-refractivity contribution in [1.29, 1.82) is 0 Å². The van der Waals surface area contributed by atoms with E-state index in [0.29, 0.717) is 0 Å². The molecule has 0 atom stereocenters.